The van der Waals surface area contributed by atoms with Gasteiger partial charge in [-0.1, -0.05) is 13.0 Å². The quantitative estimate of drug-likeness (QED) is 0.809. The Morgan fingerprint density at radius 2 is 2.21 bits per heavy atom. The molecule has 0 fully saturated rings. The fourth-order valence-electron chi connectivity index (χ4n) is 4.25. The molecule has 0 bridgehead atoms. The molecule has 7 nitrogen and oxygen atoms in total. The van der Waals surface area contributed by atoms with E-state index in [1.165, 1.54) is 5.56 Å². The van der Waals surface area contributed by atoms with Crippen LogP contribution in [0.25, 0.3) is 6.08 Å². The monoisotopic (exact) mass is 391 g/mol. The van der Waals surface area contributed by atoms with Gasteiger partial charge in [-0.3, -0.25) is 9.59 Å². The van der Waals surface area contributed by atoms with Crippen molar-refractivity contribution >= 4 is 29.5 Å². The van der Waals surface area contributed by atoms with Gasteiger partial charge in [-0.2, -0.15) is 0 Å². The summed E-state index contributed by atoms with van der Waals surface area (Å²) in [5.74, 6) is 1.54. The van der Waals surface area contributed by atoms with Crippen LogP contribution in [0.3, 0.4) is 0 Å². The third-order valence-corrected chi connectivity index (χ3v) is 5.63. The molecule has 0 spiro atoms. The highest BCUT2D eigenvalue weighted by Crippen LogP contribution is 2.38. The first-order valence-corrected chi connectivity index (χ1v) is 9.74. The van der Waals surface area contributed by atoms with E-state index in [-0.39, 0.29) is 17.2 Å². The predicted molar refractivity (Wildman–Crippen MR) is 113 cm³/mol. The summed E-state index contributed by atoms with van der Waals surface area (Å²) in [6, 6.07) is 6.02. The van der Waals surface area contributed by atoms with E-state index in [9.17, 15) is 9.59 Å². The number of hydrogen-bond donors (Lipinski definition) is 1. The van der Waals surface area contributed by atoms with Gasteiger partial charge < -0.3 is 15.1 Å². The number of amides is 2. The number of fused-ring (bicyclic) bond motifs is 2. The lowest BCUT2D eigenvalue weighted by atomic mass is 9.85. The fourth-order valence-corrected chi connectivity index (χ4v) is 4.25. The van der Waals surface area contributed by atoms with Gasteiger partial charge in [0.1, 0.15) is 11.6 Å². The van der Waals surface area contributed by atoms with Crippen LogP contribution in [0.2, 0.25) is 0 Å². The minimum atomic E-state index is -0.165. The summed E-state index contributed by atoms with van der Waals surface area (Å²) in [5, 5.41) is 2.77. The number of rotatable bonds is 4. The Balaban J connectivity index is 1.45. The number of carbonyl (C=O) groups is 2. The summed E-state index contributed by atoms with van der Waals surface area (Å²) in [7, 11) is 3.86. The number of likely N-dealkylation sites (N-methyl/N-ethyl adjacent to an activating group) is 2. The van der Waals surface area contributed by atoms with E-state index in [1.54, 1.807) is 29.4 Å². The maximum Gasteiger partial charge on any atom is 0.246 e. The van der Waals surface area contributed by atoms with E-state index in [1.807, 2.05) is 26.2 Å². The number of nitrogens with zero attached hydrogens (tertiary/aromatic N) is 4. The zero-order valence-corrected chi connectivity index (χ0v) is 17.0. The Kier molecular flexibility index (Phi) is 4.82. The highest BCUT2D eigenvalue weighted by molar-refractivity contribution is 5.93. The smallest absolute Gasteiger partial charge is 0.246 e. The van der Waals surface area contributed by atoms with Gasteiger partial charge in [-0.25, -0.2) is 9.97 Å². The molecule has 150 valence electrons. The first kappa shape index (κ1) is 19.1. The van der Waals surface area contributed by atoms with Gasteiger partial charge in [-0.05, 0) is 35.8 Å². The average molecular weight is 391 g/mol. The van der Waals surface area contributed by atoms with Crippen molar-refractivity contribution in [1.82, 2.24) is 14.9 Å². The molecule has 0 aliphatic carbocycles. The van der Waals surface area contributed by atoms with Gasteiger partial charge in [-0.15, -0.1) is 0 Å². The Morgan fingerprint density at radius 1 is 1.38 bits per heavy atom. The van der Waals surface area contributed by atoms with E-state index >= 15 is 0 Å². The number of carbonyl (C=O) groups excluding carboxylic acids is 2. The first-order valence-electron chi connectivity index (χ1n) is 9.74. The number of aryl methyl sites for hydroxylation is 1. The molecule has 0 saturated heterocycles. The maximum atomic E-state index is 12.7. The highest BCUT2D eigenvalue weighted by atomic mass is 16.2. The van der Waals surface area contributed by atoms with Crippen LogP contribution in [0.1, 0.15) is 30.0 Å². The Morgan fingerprint density at radius 3 is 3.03 bits per heavy atom. The number of aromatic nitrogens is 2. The van der Waals surface area contributed by atoms with Crippen LogP contribution in [-0.4, -0.2) is 53.9 Å². The Bertz CT molecular complexity index is 1000. The summed E-state index contributed by atoms with van der Waals surface area (Å²) in [4.78, 5) is 36.8. The second kappa shape index (κ2) is 7.31. The molecule has 1 N–H and O–H groups in total. The Labute approximate surface area is 170 Å². The van der Waals surface area contributed by atoms with Crippen molar-refractivity contribution in [2.75, 3.05) is 37.4 Å². The van der Waals surface area contributed by atoms with E-state index in [4.69, 9.17) is 0 Å². The van der Waals surface area contributed by atoms with Gasteiger partial charge in [0.2, 0.25) is 11.8 Å². The number of nitrogens with one attached hydrogen (secondary N) is 1. The zero-order valence-electron chi connectivity index (χ0n) is 17.0. The van der Waals surface area contributed by atoms with Crippen molar-refractivity contribution in [2.24, 2.45) is 0 Å². The fraction of sp³-hybridized carbons (Fsp3) is 0.364. The lowest BCUT2D eigenvalue weighted by molar-refractivity contribution is -0.125. The SMILES string of the molecule is CN(CC1(C)CN(C)c2ncccc21)C(=O)C=Cc1cnc2c(c1)CCC(=O)N2. The molecule has 0 aromatic carbocycles. The largest absolute Gasteiger partial charge is 0.358 e. The molecule has 2 amide bonds. The third-order valence-electron chi connectivity index (χ3n) is 5.63. The second-order valence-corrected chi connectivity index (χ2v) is 8.14. The van der Waals surface area contributed by atoms with Crippen LogP contribution >= 0.6 is 0 Å². The van der Waals surface area contributed by atoms with E-state index < -0.39 is 0 Å². The summed E-state index contributed by atoms with van der Waals surface area (Å²) in [5.41, 5.74) is 2.86. The summed E-state index contributed by atoms with van der Waals surface area (Å²) in [6.07, 6.45) is 7.97. The highest BCUT2D eigenvalue weighted by Gasteiger charge is 2.39. The number of anilines is 2. The molecule has 2 aliphatic heterocycles. The number of hydrogen-bond acceptors (Lipinski definition) is 5. The molecule has 7 heteroatoms. The molecule has 29 heavy (non-hydrogen) atoms. The molecule has 4 heterocycles. The molecular formula is C22H25N5O2. The van der Waals surface area contributed by atoms with Crippen molar-refractivity contribution in [3.63, 3.8) is 0 Å². The molecule has 2 aromatic heterocycles. The lowest BCUT2D eigenvalue weighted by Gasteiger charge is -2.30. The molecule has 0 saturated carbocycles. The van der Waals surface area contributed by atoms with Crippen molar-refractivity contribution in [3.05, 3.63) is 53.4 Å². The molecule has 1 unspecified atom stereocenters. The lowest BCUT2D eigenvalue weighted by Crippen LogP contribution is -2.42. The molecular weight excluding hydrogens is 366 g/mol. The average Bonchev–Trinajstić information content (AvgIpc) is 2.96. The molecule has 2 aliphatic rings. The Hall–Kier alpha value is -3.22. The van der Waals surface area contributed by atoms with Crippen LogP contribution in [0.15, 0.2) is 36.7 Å². The minimum absolute atomic E-state index is 0.00655. The summed E-state index contributed by atoms with van der Waals surface area (Å²) >= 11 is 0. The van der Waals surface area contributed by atoms with E-state index in [0.717, 1.165) is 23.5 Å². The maximum absolute atomic E-state index is 12.7. The minimum Gasteiger partial charge on any atom is -0.358 e. The summed E-state index contributed by atoms with van der Waals surface area (Å²) in [6.45, 7) is 3.60. The van der Waals surface area contributed by atoms with Crippen LogP contribution in [-0.2, 0) is 21.4 Å². The first-order chi connectivity index (χ1) is 13.9. The molecule has 1 atom stereocenters. The topological polar surface area (TPSA) is 78.4 Å². The normalized spacial score (nSPS) is 20.4. The molecule has 4 rings (SSSR count). The number of pyridine rings is 2. The van der Waals surface area contributed by atoms with Crippen LogP contribution in [0, 0.1) is 0 Å². The van der Waals surface area contributed by atoms with Crippen molar-refractivity contribution < 1.29 is 9.59 Å². The summed E-state index contributed by atoms with van der Waals surface area (Å²) < 4.78 is 0. The van der Waals surface area contributed by atoms with Gasteiger partial charge in [0.25, 0.3) is 0 Å². The zero-order chi connectivity index (χ0) is 20.6. The third kappa shape index (κ3) is 3.72. The van der Waals surface area contributed by atoms with Gasteiger partial charge in [0, 0.05) is 63.1 Å². The second-order valence-electron chi connectivity index (χ2n) is 8.14. The standard InChI is InChI=1S/C22H25N5O2/c1-22(14-27(3)21-17(22)5-4-10-23-21)13-26(2)19(29)9-6-15-11-16-7-8-18(28)25-20(16)24-12-15/h4-6,9-12H,7-8,13-14H2,1-3H3,(H,24,25,28). The predicted octanol–water partition coefficient (Wildman–Crippen LogP) is 2.24. The molecule has 2 aromatic rings. The molecule has 0 radical (unpaired) electrons. The van der Waals surface area contributed by atoms with E-state index in [2.05, 4.69) is 33.2 Å². The van der Waals surface area contributed by atoms with Crippen LogP contribution in [0.4, 0.5) is 11.6 Å². The van der Waals surface area contributed by atoms with Crippen molar-refractivity contribution in [1.29, 1.82) is 0 Å². The van der Waals surface area contributed by atoms with Crippen molar-refractivity contribution in [3.8, 4) is 0 Å². The van der Waals surface area contributed by atoms with Gasteiger partial charge in [0.15, 0.2) is 0 Å². The van der Waals surface area contributed by atoms with Crippen LogP contribution < -0.4 is 10.2 Å². The van der Waals surface area contributed by atoms with Gasteiger partial charge in [0.05, 0.1) is 0 Å². The van der Waals surface area contributed by atoms with E-state index in [0.29, 0.717) is 25.2 Å². The van der Waals surface area contributed by atoms with Crippen molar-refractivity contribution in [2.45, 2.75) is 25.2 Å². The van der Waals surface area contributed by atoms with Gasteiger partial charge >= 0.3 is 0 Å². The van der Waals surface area contributed by atoms with Crippen LogP contribution in [0.5, 0.6) is 0 Å².